The van der Waals surface area contributed by atoms with Gasteiger partial charge in [-0.25, -0.2) is 14.6 Å². The number of carboxylic acids is 1. The molecule has 6 rings (SSSR count). The molecule has 4 aromatic rings. The summed E-state index contributed by atoms with van der Waals surface area (Å²) in [7, 11) is 3.72. The number of fused-ring (bicyclic) bond motifs is 3. The van der Waals surface area contributed by atoms with Crippen LogP contribution in [0.4, 0.5) is 5.69 Å². The van der Waals surface area contributed by atoms with E-state index >= 15 is 0 Å². The molecule has 2 N–H and O–H groups in total. The first-order valence-corrected chi connectivity index (χ1v) is 13.1. The normalized spacial score (nSPS) is 15.3. The van der Waals surface area contributed by atoms with Gasteiger partial charge in [-0.1, -0.05) is 60.7 Å². The van der Waals surface area contributed by atoms with Crippen molar-refractivity contribution in [2.24, 2.45) is 0 Å². The van der Waals surface area contributed by atoms with Gasteiger partial charge >= 0.3 is 11.9 Å². The number of rotatable bonds is 7. The van der Waals surface area contributed by atoms with E-state index in [2.05, 4.69) is 5.43 Å². The zero-order chi connectivity index (χ0) is 29.1. The van der Waals surface area contributed by atoms with Crippen LogP contribution in [0.3, 0.4) is 0 Å². The van der Waals surface area contributed by atoms with Crippen molar-refractivity contribution in [3.63, 3.8) is 0 Å². The van der Waals surface area contributed by atoms with Crippen molar-refractivity contribution in [3.05, 3.63) is 101 Å². The molecule has 4 aromatic carbocycles. The van der Waals surface area contributed by atoms with Gasteiger partial charge < -0.3 is 14.7 Å². The third kappa shape index (κ3) is 3.96. The number of hydrogen-bond acceptors (Lipinski definition) is 7. The molecule has 206 valence electrons. The minimum absolute atomic E-state index is 0.116. The van der Waals surface area contributed by atoms with Crippen LogP contribution in [-0.4, -0.2) is 60.1 Å². The lowest BCUT2D eigenvalue weighted by Crippen LogP contribution is -2.65. The Morgan fingerprint density at radius 2 is 1.41 bits per heavy atom. The van der Waals surface area contributed by atoms with Gasteiger partial charge in [0.25, 0.3) is 11.8 Å². The molecule has 0 saturated heterocycles. The minimum Gasteiger partial charge on any atom is -0.479 e. The Kier molecular flexibility index (Phi) is 6.12. The number of carboxylic acid groups (broad SMARTS) is 1. The van der Waals surface area contributed by atoms with E-state index in [0.29, 0.717) is 15.8 Å². The first kappa shape index (κ1) is 26.2. The monoisotopic (exact) mass is 549 g/mol. The Hall–Kier alpha value is -5.02. The van der Waals surface area contributed by atoms with Crippen LogP contribution in [-0.2, 0) is 14.3 Å². The van der Waals surface area contributed by atoms with E-state index in [4.69, 9.17) is 4.74 Å². The number of ether oxygens (including phenoxy) is 1. The lowest BCUT2D eigenvalue weighted by atomic mass is 9.93. The highest BCUT2D eigenvalue weighted by Gasteiger charge is 2.48. The molecule has 9 heteroatoms. The second-order valence-corrected chi connectivity index (χ2v) is 10.6. The number of nitrogens with zero attached hydrogens (tertiary/aromatic N) is 2. The SMILES string of the molecule is CN(C)c1ccc2c3c(cccc13)C(=O)N(N[C@@](C)(C(=O)O)C(=O)OCC1c3ccccc3-c3ccccc31)C2=O. The summed E-state index contributed by atoms with van der Waals surface area (Å²) in [5.41, 5.74) is 5.22. The molecular formula is C32H27N3O6. The van der Waals surface area contributed by atoms with E-state index in [1.54, 1.807) is 24.3 Å². The molecule has 0 radical (unpaired) electrons. The topological polar surface area (TPSA) is 116 Å². The van der Waals surface area contributed by atoms with Gasteiger partial charge in [0.1, 0.15) is 6.61 Å². The number of hydrogen-bond donors (Lipinski definition) is 2. The Labute approximate surface area is 235 Å². The molecule has 41 heavy (non-hydrogen) atoms. The molecule has 0 spiro atoms. The molecule has 9 nitrogen and oxygen atoms in total. The number of anilines is 1. The van der Waals surface area contributed by atoms with Crippen molar-refractivity contribution in [2.75, 3.05) is 25.6 Å². The number of nitrogens with one attached hydrogen (secondary N) is 1. The summed E-state index contributed by atoms with van der Waals surface area (Å²) in [6.45, 7) is 0.967. The molecular weight excluding hydrogens is 522 g/mol. The lowest BCUT2D eigenvalue weighted by Gasteiger charge is -2.34. The third-order valence-electron chi connectivity index (χ3n) is 7.88. The van der Waals surface area contributed by atoms with E-state index < -0.39 is 29.3 Å². The fourth-order valence-electron chi connectivity index (χ4n) is 5.72. The number of carbonyl (C=O) groups excluding carboxylic acids is 3. The second-order valence-electron chi connectivity index (χ2n) is 10.6. The van der Waals surface area contributed by atoms with Gasteiger partial charge in [-0.05, 0) is 47.4 Å². The van der Waals surface area contributed by atoms with Crippen LogP contribution in [0.2, 0.25) is 0 Å². The Morgan fingerprint density at radius 1 is 0.854 bits per heavy atom. The molecule has 0 bridgehead atoms. The number of carbonyl (C=O) groups is 4. The van der Waals surface area contributed by atoms with Crippen LogP contribution < -0.4 is 10.3 Å². The molecule has 2 amide bonds. The molecule has 2 aliphatic rings. The Bertz CT molecular complexity index is 1710. The molecule has 1 aliphatic heterocycles. The summed E-state index contributed by atoms with van der Waals surface area (Å²) in [6.07, 6.45) is 0. The summed E-state index contributed by atoms with van der Waals surface area (Å²) < 4.78 is 5.61. The van der Waals surface area contributed by atoms with Crippen LogP contribution in [0.15, 0.2) is 78.9 Å². The average Bonchev–Trinajstić information content (AvgIpc) is 3.29. The van der Waals surface area contributed by atoms with Crippen molar-refractivity contribution in [1.82, 2.24) is 10.4 Å². The maximum Gasteiger partial charge on any atom is 0.339 e. The van der Waals surface area contributed by atoms with E-state index in [9.17, 15) is 24.3 Å². The van der Waals surface area contributed by atoms with E-state index in [1.807, 2.05) is 73.6 Å². The zero-order valence-electron chi connectivity index (χ0n) is 22.7. The van der Waals surface area contributed by atoms with Crippen molar-refractivity contribution in [1.29, 1.82) is 0 Å². The van der Waals surface area contributed by atoms with Crippen LogP contribution in [0.5, 0.6) is 0 Å². The molecule has 0 fully saturated rings. The fraction of sp³-hybridized carbons (Fsp3) is 0.188. The van der Waals surface area contributed by atoms with Gasteiger partial charge in [-0.2, -0.15) is 5.43 Å². The molecule has 0 saturated carbocycles. The van der Waals surface area contributed by atoms with Gasteiger partial charge in [0.15, 0.2) is 0 Å². The quantitative estimate of drug-likeness (QED) is 0.200. The standard InChI is InChI=1S/C32H27N3O6/c1-32(30(38)39,31(40)41-17-25-20-11-6-4-9-18(20)19-10-5-7-12-21(19)25)33-35-28(36)23-14-8-13-22-26(34(2)3)16-15-24(27(22)23)29(35)37/h4-16,25,33H,17H2,1-3H3,(H,38,39)/t32-/m0/s1. The van der Waals surface area contributed by atoms with Gasteiger partial charge in [0.2, 0.25) is 5.54 Å². The molecule has 0 unspecified atom stereocenters. The number of hydrazine groups is 1. The third-order valence-corrected chi connectivity index (χ3v) is 7.88. The number of amides is 2. The summed E-state index contributed by atoms with van der Waals surface area (Å²) in [5, 5.41) is 11.9. The molecule has 0 aromatic heterocycles. The van der Waals surface area contributed by atoms with Crippen molar-refractivity contribution in [3.8, 4) is 11.1 Å². The smallest absolute Gasteiger partial charge is 0.339 e. The highest BCUT2D eigenvalue weighted by Crippen LogP contribution is 2.44. The maximum absolute atomic E-state index is 13.5. The van der Waals surface area contributed by atoms with Crippen LogP contribution in [0, 0.1) is 0 Å². The van der Waals surface area contributed by atoms with Gasteiger partial charge in [0.05, 0.1) is 11.1 Å². The summed E-state index contributed by atoms with van der Waals surface area (Å²) >= 11 is 0. The molecule has 1 atom stereocenters. The number of imide groups is 1. The summed E-state index contributed by atoms with van der Waals surface area (Å²) in [5.74, 6) is -4.54. The minimum atomic E-state index is -2.43. The van der Waals surface area contributed by atoms with Crippen molar-refractivity contribution in [2.45, 2.75) is 18.4 Å². The number of benzene rings is 4. The first-order chi connectivity index (χ1) is 19.6. The Balaban J connectivity index is 1.29. The van der Waals surface area contributed by atoms with Crippen LogP contribution >= 0.6 is 0 Å². The lowest BCUT2D eigenvalue weighted by molar-refractivity contribution is -0.164. The largest absolute Gasteiger partial charge is 0.479 e. The summed E-state index contributed by atoms with van der Waals surface area (Å²) in [4.78, 5) is 54.9. The van der Waals surface area contributed by atoms with Crippen molar-refractivity contribution < 1.29 is 29.0 Å². The van der Waals surface area contributed by atoms with E-state index in [0.717, 1.165) is 34.9 Å². The van der Waals surface area contributed by atoms with Crippen LogP contribution in [0.1, 0.15) is 44.7 Å². The van der Waals surface area contributed by atoms with Crippen LogP contribution in [0.25, 0.3) is 21.9 Å². The second kappa shape index (κ2) is 9.57. The maximum atomic E-state index is 13.5. The van der Waals surface area contributed by atoms with Gasteiger partial charge in [0, 0.05) is 36.5 Å². The fourth-order valence-corrected chi connectivity index (χ4v) is 5.72. The van der Waals surface area contributed by atoms with E-state index in [1.165, 1.54) is 0 Å². The van der Waals surface area contributed by atoms with Gasteiger partial charge in [-0.3, -0.25) is 9.59 Å². The number of esters is 1. The highest BCUT2D eigenvalue weighted by molar-refractivity contribution is 6.26. The first-order valence-electron chi connectivity index (χ1n) is 13.1. The summed E-state index contributed by atoms with van der Waals surface area (Å²) in [6, 6.07) is 24.0. The molecule has 1 heterocycles. The predicted molar refractivity (Wildman–Crippen MR) is 153 cm³/mol. The van der Waals surface area contributed by atoms with Gasteiger partial charge in [-0.15, -0.1) is 0 Å². The van der Waals surface area contributed by atoms with Crippen molar-refractivity contribution >= 4 is 40.2 Å². The predicted octanol–water partition coefficient (Wildman–Crippen LogP) is 4.21. The zero-order valence-corrected chi connectivity index (χ0v) is 22.7. The highest BCUT2D eigenvalue weighted by atomic mass is 16.5. The Morgan fingerprint density at radius 3 is 2.00 bits per heavy atom. The number of aliphatic carboxylic acids is 1. The molecule has 1 aliphatic carbocycles. The average molecular weight is 550 g/mol. The van der Waals surface area contributed by atoms with E-state index in [-0.39, 0.29) is 23.7 Å².